The zero-order chi connectivity index (χ0) is 19.5. The number of carbonyl (C=O) groups is 3. The van der Waals surface area contributed by atoms with Gasteiger partial charge in [0.05, 0.1) is 14.2 Å². The smallest absolute Gasteiger partial charge is 0.406 e. The predicted octanol–water partition coefficient (Wildman–Crippen LogP) is 2.12. The summed E-state index contributed by atoms with van der Waals surface area (Å²) in [5, 5.41) is 10.9. The lowest BCUT2D eigenvalue weighted by Gasteiger charge is -2.08. The maximum Gasteiger partial charge on any atom is 0.406 e. The van der Waals surface area contributed by atoms with E-state index < -0.39 is 12.2 Å². The highest BCUT2D eigenvalue weighted by atomic mass is 16.5. The van der Waals surface area contributed by atoms with E-state index in [1.165, 1.54) is 14.2 Å². The summed E-state index contributed by atoms with van der Waals surface area (Å²) in [5.41, 5.74) is 0. The number of hydrogen-bond acceptors (Lipinski definition) is 5. The zero-order valence-electron chi connectivity index (χ0n) is 16.0. The number of unbranched alkanes of at least 4 members (excludes halogenated alkanes) is 6. The number of alkyl carbamates (subject to hydrolysis) is 2. The summed E-state index contributed by atoms with van der Waals surface area (Å²) in [6, 6.07) is -0.135. The fraction of sp³-hybridized carbons (Fsp3) is 0.824. The molecule has 0 aliphatic carbocycles. The topological polar surface area (TPSA) is 118 Å². The summed E-state index contributed by atoms with van der Waals surface area (Å²) in [6.07, 6.45) is 6.83. The lowest BCUT2D eigenvalue weighted by Crippen LogP contribution is -2.36. The van der Waals surface area contributed by atoms with Crippen molar-refractivity contribution >= 4 is 18.2 Å². The largest absolute Gasteiger partial charge is 0.453 e. The van der Waals surface area contributed by atoms with Gasteiger partial charge < -0.3 is 30.7 Å². The molecule has 26 heavy (non-hydrogen) atoms. The van der Waals surface area contributed by atoms with E-state index in [2.05, 4.69) is 30.7 Å². The van der Waals surface area contributed by atoms with Gasteiger partial charge >= 0.3 is 18.2 Å². The van der Waals surface area contributed by atoms with Gasteiger partial charge in [-0.2, -0.15) is 0 Å². The molecule has 0 fully saturated rings. The van der Waals surface area contributed by atoms with Crippen LogP contribution in [0.15, 0.2) is 0 Å². The van der Waals surface area contributed by atoms with Gasteiger partial charge in [-0.25, -0.2) is 14.4 Å². The van der Waals surface area contributed by atoms with E-state index in [1.54, 1.807) is 0 Å². The highest BCUT2D eigenvalue weighted by Crippen LogP contribution is 1.99. The van der Waals surface area contributed by atoms with Gasteiger partial charge in [-0.1, -0.05) is 25.7 Å². The Balaban J connectivity index is 3.25. The van der Waals surface area contributed by atoms with Crippen molar-refractivity contribution in [3.63, 3.8) is 0 Å². The predicted molar refractivity (Wildman–Crippen MR) is 99.2 cm³/mol. The van der Waals surface area contributed by atoms with Gasteiger partial charge in [0.1, 0.15) is 0 Å². The SMILES string of the molecule is COC(=O)NCCCCCCNC(=O)NCCCCCCNC(=O)OC. The molecule has 0 heterocycles. The minimum absolute atomic E-state index is 0.135. The van der Waals surface area contributed by atoms with Crippen LogP contribution in [0.1, 0.15) is 51.4 Å². The second kappa shape index (κ2) is 17.6. The molecule has 0 saturated heterocycles. The fourth-order valence-electron chi connectivity index (χ4n) is 2.20. The molecule has 0 aliphatic heterocycles. The molecule has 9 heteroatoms. The first-order chi connectivity index (χ1) is 12.6. The van der Waals surface area contributed by atoms with Crippen LogP contribution in [0.25, 0.3) is 0 Å². The van der Waals surface area contributed by atoms with Gasteiger partial charge in [-0.05, 0) is 25.7 Å². The van der Waals surface area contributed by atoms with E-state index in [-0.39, 0.29) is 6.03 Å². The maximum atomic E-state index is 11.6. The number of nitrogens with one attached hydrogen (secondary N) is 4. The first-order valence-corrected chi connectivity index (χ1v) is 9.25. The molecule has 0 atom stereocenters. The minimum atomic E-state index is -0.402. The van der Waals surface area contributed by atoms with Gasteiger partial charge in [-0.15, -0.1) is 0 Å². The van der Waals surface area contributed by atoms with Crippen LogP contribution < -0.4 is 21.3 Å². The van der Waals surface area contributed by atoms with Gasteiger partial charge in [-0.3, -0.25) is 0 Å². The standard InChI is InChI=1S/C17H34N4O5/c1-25-16(23)20-13-9-5-3-7-11-18-15(22)19-12-8-4-6-10-14-21-17(24)26-2/h3-14H2,1-2H3,(H,20,23)(H,21,24)(H2,18,19,22). The lowest BCUT2D eigenvalue weighted by molar-refractivity contribution is 0.170. The fourth-order valence-corrected chi connectivity index (χ4v) is 2.20. The second-order valence-electron chi connectivity index (χ2n) is 5.85. The Hall–Kier alpha value is -2.19. The van der Waals surface area contributed by atoms with Crippen LogP contribution in [0, 0.1) is 0 Å². The van der Waals surface area contributed by atoms with Gasteiger partial charge in [0, 0.05) is 26.2 Å². The highest BCUT2D eigenvalue weighted by molar-refractivity contribution is 5.73. The van der Waals surface area contributed by atoms with Crippen molar-refractivity contribution in [1.82, 2.24) is 21.3 Å². The van der Waals surface area contributed by atoms with Crippen molar-refractivity contribution in [3.05, 3.63) is 0 Å². The maximum absolute atomic E-state index is 11.6. The first kappa shape index (κ1) is 23.8. The zero-order valence-corrected chi connectivity index (χ0v) is 16.0. The number of ether oxygens (including phenoxy) is 2. The summed E-state index contributed by atoms with van der Waals surface area (Å²) < 4.78 is 8.95. The number of urea groups is 1. The average Bonchev–Trinajstić information content (AvgIpc) is 2.65. The lowest BCUT2D eigenvalue weighted by atomic mass is 10.2. The van der Waals surface area contributed by atoms with Crippen LogP contribution in [0.4, 0.5) is 14.4 Å². The van der Waals surface area contributed by atoms with Gasteiger partial charge in [0.25, 0.3) is 0 Å². The minimum Gasteiger partial charge on any atom is -0.453 e. The van der Waals surface area contributed by atoms with Crippen LogP contribution in [0.3, 0.4) is 0 Å². The van der Waals surface area contributed by atoms with Crippen molar-refractivity contribution < 1.29 is 23.9 Å². The van der Waals surface area contributed by atoms with Crippen molar-refractivity contribution in [2.75, 3.05) is 40.4 Å². The molecule has 0 saturated carbocycles. The first-order valence-electron chi connectivity index (χ1n) is 9.25. The van der Waals surface area contributed by atoms with E-state index in [1.807, 2.05) is 0 Å². The Morgan fingerprint density at radius 1 is 0.538 bits per heavy atom. The van der Waals surface area contributed by atoms with Crippen molar-refractivity contribution in [2.24, 2.45) is 0 Å². The Kier molecular flexibility index (Phi) is 16.1. The van der Waals surface area contributed by atoms with Gasteiger partial charge in [0.2, 0.25) is 0 Å². The summed E-state index contributed by atoms with van der Waals surface area (Å²) >= 11 is 0. The van der Waals surface area contributed by atoms with Gasteiger partial charge in [0.15, 0.2) is 0 Å². The Morgan fingerprint density at radius 3 is 1.15 bits per heavy atom. The van der Waals surface area contributed by atoms with Crippen molar-refractivity contribution in [2.45, 2.75) is 51.4 Å². The summed E-state index contributed by atoms with van der Waals surface area (Å²) in [6.45, 7) is 2.52. The molecule has 0 aromatic rings. The van der Waals surface area contributed by atoms with Crippen molar-refractivity contribution in [1.29, 1.82) is 0 Å². The van der Waals surface area contributed by atoms with E-state index in [0.717, 1.165) is 51.4 Å². The molecule has 0 spiro atoms. The molecule has 4 N–H and O–H groups in total. The van der Waals surface area contributed by atoms with Crippen LogP contribution >= 0.6 is 0 Å². The Labute approximate surface area is 155 Å². The third-order valence-corrected chi connectivity index (χ3v) is 3.69. The molecule has 9 nitrogen and oxygen atoms in total. The number of carbonyl (C=O) groups excluding carboxylic acids is 3. The normalized spacial score (nSPS) is 9.92. The van der Waals surface area contributed by atoms with Crippen molar-refractivity contribution in [3.8, 4) is 0 Å². The average molecular weight is 374 g/mol. The third-order valence-electron chi connectivity index (χ3n) is 3.69. The van der Waals surface area contributed by atoms with E-state index in [0.29, 0.717) is 26.2 Å². The number of amides is 4. The molecular weight excluding hydrogens is 340 g/mol. The number of methoxy groups -OCH3 is 2. The van der Waals surface area contributed by atoms with Crippen LogP contribution in [0.2, 0.25) is 0 Å². The molecule has 0 aromatic heterocycles. The molecular formula is C17H34N4O5. The molecule has 0 radical (unpaired) electrons. The Bertz CT molecular complexity index is 359. The third kappa shape index (κ3) is 16.7. The monoisotopic (exact) mass is 374 g/mol. The molecule has 0 aliphatic rings. The quantitative estimate of drug-likeness (QED) is 0.347. The van der Waals surface area contributed by atoms with E-state index in [4.69, 9.17) is 0 Å². The number of hydrogen-bond donors (Lipinski definition) is 4. The molecule has 0 bridgehead atoms. The van der Waals surface area contributed by atoms with E-state index >= 15 is 0 Å². The Morgan fingerprint density at radius 2 is 0.846 bits per heavy atom. The number of rotatable bonds is 14. The summed E-state index contributed by atoms with van der Waals surface area (Å²) in [5.74, 6) is 0. The molecule has 0 aromatic carbocycles. The molecule has 0 unspecified atom stereocenters. The van der Waals surface area contributed by atoms with Crippen LogP contribution in [0.5, 0.6) is 0 Å². The second-order valence-corrected chi connectivity index (χ2v) is 5.85. The summed E-state index contributed by atoms with van der Waals surface area (Å²) in [7, 11) is 2.69. The highest BCUT2D eigenvalue weighted by Gasteiger charge is 2.00. The van der Waals surface area contributed by atoms with Crippen LogP contribution in [-0.4, -0.2) is 58.6 Å². The molecule has 0 rings (SSSR count). The van der Waals surface area contributed by atoms with Crippen LogP contribution in [-0.2, 0) is 9.47 Å². The van der Waals surface area contributed by atoms with E-state index in [9.17, 15) is 14.4 Å². The summed E-state index contributed by atoms with van der Waals surface area (Å²) in [4.78, 5) is 33.2. The molecule has 152 valence electrons. The molecule has 4 amide bonds.